The van der Waals surface area contributed by atoms with Crippen molar-refractivity contribution in [2.75, 3.05) is 14.2 Å². The van der Waals surface area contributed by atoms with Gasteiger partial charge in [-0.25, -0.2) is 9.78 Å². The first-order valence-electron chi connectivity index (χ1n) is 11.9. The molecule has 1 saturated carbocycles. The highest BCUT2D eigenvalue weighted by Gasteiger charge is 2.46. The molecular weight excluding hydrogens is 437 g/mol. The van der Waals surface area contributed by atoms with Gasteiger partial charge >= 0.3 is 5.97 Å². The average molecular weight is 474 g/mol. The zero-order chi connectivity index (χ0) is 24.9. The third kappa shape index (κ3) is 5.02. The Morgan fingerprint density at radius 1 is 1.15 bits per heavy atom. The van der Waals surface area contributed by atoms with Gasteiger partial charge in [-0.05, 0) is 42.7 Å². The molecule has 7 heteroatoms. The molecule has 1 aromatic heterocycles. The molecule has 1 aromatic carbocycles. The number of esters is 1. The Bertz CT molecular complexity index is 963. The number of hydrogen-bond donors (Lipinski definition) is 1. The van der Waals surface area contributed by atoms with Gasteiger partial charge in [0.05, 0.1) is 5.56 Å². The lowest BCUT2D eigenvalue weighted by Crippen LogP contribution is -2.46. The standard InChI is InChI=1S/C27H36FNO5/c1-6-27(31,20-16-17-29-23(28)22(20)24(32-4)33-5)25(30)34-21-15-11-10-14-19(21)26(2,3)18-12-8-7-9-13-18/h7-9,12-13,16-17,19,21,24,31H,6,10-11,14-15H2,1-5H3/t19-,21-,27+/m1/s1. The van der Waals surface area contributed by atoms with Gasteiger partial charge in [-0.3, -0.25) is 0 Å². The minimum atomic E-state index is -2.08. The maximum atomic E-state index is 14.7. The van der Waals surface area contributed by atoms with Crippen LogP contribution in [0, 0.1) is 11.9 Å². The molecule has 3 rings (SSSR count). The van der Waals surface area contributed by atoms with Crippen molar-refractivity contribution in [2.45, 2.75) is 76.3 Å². The number of pyridine rings is 1. The molecule has 1 fully saturated rings. The van der Waals surface area contributed by atoms with Crippen molar-refractivity contribution in [2.24, 2.45) is 5.92 Å². The quantitative estimate of drug-likeness (QED) is 0.307. The van der Waals surface area contributed by atoms with E-state index in [0.29, 0.717) is 6.42 Å². The summed E-state index contributed by atoms with van der Waals surface area (Å²) in [7, 11) is 2.71. The number of aliphatic hydroxyl groups is 1. The Hall–Kier alpha value is -2.35. The van der Waals surface area contributed by atoms with E-state index in [1.807, 2.05) is 18.2 Å². The molecule has 0 amide bonds. The Labute approximate surface area is 201 Å². The van der Waals surface area contributed by atoms with Crippen LogP contribution in [0.3, 0.4) is 0 Å². The lowest BCUT2D eigenvalue weighted by molar-refractivity contribution is -0.179. The van der Waals surface area contributed by atoms with Crippen molar-refractivity contribution >= 4 is 5.97 Å². The minimum absolute atomic E-state index is 0.0120. The third-order valence-electron chi connectivity index (χ3n) is 7.31. The molecule has 0 aliphatic heterocycles. The van der Waals surface area contributed by atoms with Crippen LogP contribution in [-0.2, 0) is 30.0 Å². The van der Waals surface area contributed by atoms with Gasteiger partial charge in [0.15, 0.2) is 11.9 Å². The third-order valence-corrected chi connectivity index (χ3v) is 7.31. The van der Waals surface area contributed by atoms with E-state index in [-0.39, 0.29) is 35.0 Å². The average Bonchev–Trinajstić information content (AvgIpc) is 2.85. The van der Waals surface area contributed by atoms with Gasteiger partial charge in [0, 0.05) is 31.9 Å². The number of carbonyl (C=O) groups is 1. The molecule has 2 aromatic rings. The largest absolute Gasteiger partial charge is 0.460 e. The van der Waals surface area contributed by atoms with Crippen LogP contribution in [0.25, 0.3) is 0 Å². The topological polar surface area (TPSA) is 77.9 Å². The second kappa shape index (κ2) is 10.9. The van der Waals surface area contributed by atoms with Crippen LogP contribution in [0.5, 0.6) is 0 Å². The van der Waals surface area contributed by atoms with Gasteiger partial charge in [0.1, 0.15) is 6.10 Å². The Morgan fingerprint density at radius 3 is 2.41 bits per heavy atom. The van der Waals surface area contributed by atoms with Crippen molar-refractivity contribution < 1.29 is 28.5 Å². The predicted octanol–water partition coefficient (Wildman–Crippen LogP) is 5.19. The Morgan fingerprint density at radius 2 is 1.79 bits per heavy atom. The molecule has 186 valence electrons. The molecule has 0 spiro atoms. The maximum absolute atomic E-state index is 14.7. The van der Waals surface area contributed by atoms with Gasteiger partial charge in [0.2, 0.25) is 5.95 Å². The number of hydrogen-bond acceptors (Lipinski definition) is 6. The lowest BCUT2D eigenvalue weighted by atomic mass is 9.66. The fourth-order valence-electron chi connectivity index (χ4n) is 5.19. The van der Waals surface area contributed by atoms with E-state index in [4.69, 9.17) is 14.2 Å². The number of aromatic nitrogens is 1. The zero-order valence-corrected chi connectivity index (χ0v) is 20.7. The van der Waals surface area contributed by atoms with E-state index in [0.717, 1.165) is 19.3 Å². The number of halogens is 1. The van der Waals surface area contributed by atoms with E-state index < -0.39 is 23.8 Å². The first kappa shape index (κ1) is 26.3. The molecule has 1 aliphatic carbocycles. The summed E-state index contributed by atoms with van der Waals surface area (Å²) in [6.45, 7) is 6.00. The first-order chi connectivity index (χ1) is 16.2. The fraction of sp³-hybridized carbons (Fsp3) is 0.556. The van der Waals surface area contributed by atoms with Crippen molar-refractivity contribution in [3.8, 4) is 0 Å². The summed E-state index contributed by atoms with van der Waals surface area (Å²) in [6.07, 6.45) is 3.32. The van der Waals surface area contributed by atoms with E-state index in [1.165, 1.54) is 32.0 Å². The van der Waals surface area contributed by atoms with Gasteiger partial charge < -0.3 is 19.3 Å². The van der Waals surface area contributed by atoms with Gasteiger partial charge in [-0.1, -0.05) is 57.5 Å². The molecule has 0 radical (unpaired) electrons. The molecule has 0 unspecified atom stereocenters. The second-order valence-corrected chi connectivity index (χ2v) is 9.50. The van der Waals surface area contributed by atoms with Crippen LogP contribution in [0.2, 0.25) is 0 Å². The van der Waals surface area contributed by atoms with Gasteiger partial charge in [0.25, 0.3) is 0 Å². The van der Waals surface area contributed by atoms with E-state index in [9.17, 15) is 14.3 Å². The van der Waals surface area contributed by atoms with Gasteiger partial charge in [-0.15, -0.1) is 0 Å². The van der Waals surface area contributed by atoms with Crippen LogP contribution in [-0.4, -0.2) is 36.4 Å². The van der Waals surface area contributed by atoms with E-state index in [1.54, 1.807) is 6.92 Å². The predicted molar refractivity (Wildman–Crippen MR) is 126 cm³/mol. The summed E-state index contributed by atoms with van der Waals surface area (Å²) >= 11 is 0. The zero-order valence-electron chi connectivity index (χ0n) is 20.7. The van der Waals surface area contributed by atoms with Crippen molar-refractivity contribution in [1.29, 1.82) is 0 Å². The van der Waals surface area contributed by atoms with Crippen molar-refractivity contribution in [3.63, 3.8) is 0 Å². The monoisotopic (exact) mass is 473 g/mol. The number of methoxy groups -OCH3 is 2. The lowest BCUT2D eigenvalue weighted by Gasteiger charge is -2.43. The van der Waals surface area contributed by atoms with E-state index in [2.05, 4.69) is 31.0 Å². The molecule has 0 bridgehead atoms. The molecule has 1 heterocycles. The highest BCUT2D eigenvalue weighted by Crippen LogP contribution is 2.43. The summed E-state index contributed by atoms with van der Waals surface area (Å²) in [5, 5.41) is 11.6. The number of carbonyl (C=O) groups excluding carboxylic acids is 1. The normalized spacial score (nSPS) is 20.7. The number of ether oxygens (including phenoxy) is 3. The molecule has 1 N–H and O–H groups in total. The molecule has 0 saturated heterocycles. The highest BCUT2D eigenvalue weighted by molar-refractivity contribution is 5.81. The Balaban J connectivity index is 1.94. The van der Waals surface area contributed by atoms with Crippen LogP contribution in [0.15, 0.2) is 42.6 Å². The summed E-state index contributed by atoms with van der Waals surface area (Å²) in [5.74, 6) is -1.59. The van der Waals surface area contributed by atoms with E-state index >= 15 is 0 Å². The second-order valence-electron chi connectivity index (χ2n) is 9.50. The summed E-state index contributed by atoms with van der Waals surface area (Å²) in [4.78, 5) is 17.2. The van der Waals surface area contributed by atoms with Crippen LogP contribution in [0.4, 0.5) is 4.39 Å². The maximum Gasteiger partial charge on any atom is 0.343 e. The Kier molecular flexibility index (Phi) is 8.44. The van der Waals surface area contributed by atoms with Crippen molar-refractivity contribution in [3.05, 3.63) is 65.2 Å². The summed E-state index contributed by atoms with van der Waals surface area (Å²) in [6, 6.07) is 11.6. The van der Waals surface area contributed by atoms with Crippen LogP contribution in [0.1, 0.15) is 75.9 Å². The minimum Gasteiger partial charge on any atom is -0.460 e. The number of benzene rings is 1. The fourth-order valence-corrected chi connectivity index (χ4v) is 5.19. The number of nitrogens with zero attached hydrogens (tertiary/aromatic N) is 1. The SMILES string of the molecule is CC[C@@](O)(C(=O)O[C@@H]1CCCC[C@H]1C(C)(C)c1ccccc1)c1ccnc(F)c1C(OC)OC. The number of rotatable bonds is 9. The van der Waals surface area contributed by atoms with Gasteiger partial charge in [-0.2, -0.15) is 4.39 Å². The molecular formula is C27H36FNO5. The molecule has 3 atom stereocenters. The summed E-state index contributed by atoms with van der Waals surface area (Å²) in [5.41, 5.74) is -1.21. The smallest absolute Gasteiger partial charge is 0.343 e. The first-order valence-corrected chi connectivity index (χ1v) is 11.9. The van der Waals surface area contributed by atoms with Crippen LogP contribution < -0.4 is 0 Å². The molecule has 34 heavy (non-hydrogen) atoms. The van der Waals surface area contributed by atoms with Crippen LogP contribution >= 0.6 is 0 Å². The summed E-state index contributed by atoms with van der Waals surface area (Å²) < 4.78 is 31.2. The highest BCUT2D eigenvalue weighted by atomic mass is 19.1. The molecule has 6 nitrogen and oxygen atoms in total. The van der Waals surface area contributed by atoms with Crippen molar-refractivity contribution in [1.82, 2.24) is 4.98 Å². The molecule has 1 aliphatic rings.